The molecule has 0 aromatic carbocycles. The molecule has 0 spiro atoms. The summed E-state index contributed by atoms with van der Waals surface area (Å²) in [5.41, 5.74) is 0.983. The van der Waals surface area contributed by atoms with Crippen molar-refractivity contribution in [1.29, 1.82) is 0 Å². The van der Waals surface area contributed by atoms with Crippen LogP contribution in [0.5, 0.6) is 6.01 Å². The van der Waals surface area contributed by atoms with Crippen molar-refractivity contribution in [3.8, 4) is 6.01 Å². The van der Waals surface area contributed by atoms with E-state index in [4.69, 9.17) is 21.1 Å². The van der Waals surface area contributed by atoms with Gasteiger partial charge in [0.05, 0.1) is 19.8 Å². The highest BCUT2D eigenvalue weighted by atomic mass is 35.5. The van der Waals surface area contributed by atoms with Gasteiger partial charge in [-0.25, -0.2) is 0 Å². The van der Waals surface area contributed by atoms with Crippen LogP contribution >= 0.6 is 11.6 Å². The Morgan fingerprint density at radius 2 is 2.17 bits per heavy atom. The van der Waals surface area contributed by atoms with Gasteiger partial charge in [0.25, 0.3) is 0 Å². The second kappa shape index (κ2) is 7.84. The van der Waals surface area contributed by atoms with E-state index < -0.39 is 0 Å². The van der Waals surface area contributed by atoms with Crippen LogP contribution in [0, 0.1) is 0 Å². The smallest absolute Gasteiger partial charge is 0.322 e. The van der Waals surface area contributed by atoms with Crippen molar-refractivity contribution in [2.75, 3.05) is 31.7 Å². The van der Waals surface area contributed by atoms with Gasteiger partial charge in [-0.05, 0) is 25.4 Å². The summed E-state index contributed by atoms with van der Waals surface area (Å²) < 4.78 is 10.5. The lowest BCUT2D eigenvalue weighted by Crippen LogP contribution is -2.13. The first-order valence-corrected chi connectivity index (χ1v) is 6.00. The lowest BCUT2D eigenvalue weighted by molar-refractivity contribution is 0.167. The first kappa shape index (κ1) is 14.7. The normalized spacial score (nSPS) is 10.2. The first-order chi connectivity index (χ1) is 8.61. The van der Waals surface area contributed by atoms with E-state index >= 15 is 0 Å². The molecule has 0 aliphatic heterocycles. The van der Waals surface area contributed by atoms with Crippen molar-refractivity contribution in [3.05, 3.63) is 17.4 Å². The third-order valence-electron chi connectivity index (χ3n) is 1.74. The van der Waals surface area contributed by atoms with Crippen LogP contribution in [0.25, 0.3) is 0 Å². The molecule has 0 radical (unpaired) electrons. The number of nitrogens with zero attached hydrogens (tertiary/aromatic N) is 3. The maximum atomic E-state index is 5.74. The van der Waals surface area contributed by atoms with Crippen LogP contribution in [0.2, 0.25) is 5.28 Å². The summed E-state index contributed by atoms with van der Waals surface area (Å²) in [6.07, 6.45) is 0. The van der Waals surface area contributed by atoms with Gasteiger partial charge in [-0.15, -0.1) is 0 Å². The number of halogens is 1. The predicted molar refractivity (Wildman–Crippen MR) is 70.1 cm³/mol. The summed E-state index contributed by atoms with van der Waals surface area (Å²) in [7, 11) is 0. The molecule has 1 rings (SSSR count). The Kier molecular flexibility index (Phi) is 6.38. The van der Waals surface area contributed by atoms with Crippen molar-refractivity contribution >= 4 is 17.5 Å². The maximum Gasteiger partial charge on any atom is 0.322 e. The molecule has 1 aromatic heterocycles. The number of hydrogen-bond acceptors (Lipinski definition) is 6. The Labute approximate surface area is 111 Å². The molecular weight excluding hydrogens is 256 g/mol. The number of anilines is 1. The van der Waals surface area contributed by atoms with Crippen molar-refractivity contribution in [1.82, 2.24) is 15.0 Å². The van der Waals surface area contributed by atoms with Crippen molar-refractivity contribution in [2.24, 2.45) is 0 Å². The lowest BCUT2D eigenvalue weighted by atomic mass is 10.4. The van der Waals surface area contributed by atoms with Gasteiger partial charge < -0.3 is 14.8 Å². The van der Waals surface area contributed by atoms with Gasteiger partial charge in [-0.1, -0.05) is 12.2 Å². The zero-order valence-electron chi connectivity index (χ0n) is 10.6. The standard InChI is InChI=1S/C11H17ClN4O2/c1-4-18-11-15-9(12)14-10(16-11)13-5-6-17-7-8(2)3/h2,4-7H2,1,3H3,(H,13,14,15,16). The topological polar surface area (TPSA) is 69.2 Å². The van der Waals surface area contributed by atoms with Crippen LogP contribution in [-0.2, 0) is 4.74 Å². The molecular formula is C11H17ClN4O2. The van der Waals surface area contributed by atoms with E-state index in [1.807, 2.05) is 13.8 Å². The van der Waals surface area contributed by atoms with E-state index in [9.17, 15) is 0 Å². The van der Waals surface area contributed by atoms with Gasteiger partial charge in [-0.2, -0.15) is 15.0 Å². The summed E-state index contributed by atoms with van der Waals surface area (Å²) in [4.78, 5) is 11.8. The third-order valence-corrected chi connectivity index (χ3v) is 1.91. The number of nitrogens with one attached hydrogen (secondary N) is 1. The summed E-state index contributed by atoms with van der Waals surface area (Å²) in [6, 6.07) is 0.211. The first-order valence-electron chi connectivity index (χ1n) is 5.62. The highest BCUT2D eigenvalue weighted by Gasteiger charge is 2.04. The predicted octanol–water partition coefficient (Wildman–Crippen LogP) is 1.93. The fourth-order valence-electron chi connectivity index (χ4n) is 1.09. The average molecular weight is 273 g/mol. The molecule has 100 valence electrons. The average Bonchev–Trinajstić information content (AvgIpc) is 2.28. The molecule has 0 saturated carbocycles. The van der Waals surface area contributed by atoms with Gasteiger partial charge in [0.15, 0.2) is 0 Å². The molecule has 0 amide bonds. The highest BCUT2D eigenvalue weighted by molar-refractivity contribution is 6.28. The Balaban J connectivity index is 2.39. The lowest BCUT2D eigenvalue weighted by Gasteiger charge is -2.07. The van der Waals surface area contributed by atoms with Crippen LogP contribution in [0.3, 0.4) is 0 Å². The number of aromatic nitrogens is 3. The molecule has 7 heteroatoms. The Morgan fingerprint density at radius 3 is 2.83 bits per heavy atom. The van der Waals surface area contributed by atoms with E-state index in [0.29, 0.717) is 32.3 Å². The van der Waals surface area contributed by atoms with E-state index in [0.717, 1.165) is 5.57 Å². The van der Waals surface area contributed by atoms with Gasteiger partial charge in [0, 0.05) is 6.54 Å². The van der Waals surface area contributed by atoms with Crippen LogP contribution in [0.1, 0.15) is 13.8 Å². The molecule has 18 heavy (non-hydrogen) atoms. The molecule has 0 unspecified atom stereocenters. The van der Waals surface area contributed by atoms with Gasteiger partial charge in [-0.3, -0.25) is 0 Å². The molecule has 1 N–H and O–H groups in total. The minimum absolute atomic E-state index is 0.0961. The molecule has 0 aliphatic carbocycles. The Morgan fingerprint density at radius 1 is 1.39 bits per heavy atom. The van der Waals surface area contributed by atoms with E-state index in [-0.39, 0.29) is 11.3 Å². The number of ether oxygens (including phenoxy) is 2. The monoisotopic (exact) mass is 272 g/mol. The zero-order chi connectivity index (χ0) is 13.4. The molecule has 0 aliphatic rings. The SMILES string of the molecule is C=C(C)COCCNc1nc(Cl)nc(OCC)n1. The highest BCUT2D eigenvalue weighted by Crippen LogP contribution is 2.10. The summed E-state index contributed by atoms with van der Waals surface area (Å²) in [5, 5.41) is 3.07. The second-order valence-electron chi connectivity index (χ2n) is 3.58. The zero-order valence-corrected chi connectivity index (χ0v) is 11.3. The molecule has 6 nitrogen and oxygen atoms in total. The van der Waals surface area contributed by atoms with E-state index in [2.05, 4.69) is 26.8 Å². The Hall–Kier alpha value is -1.40. The van der Waals surface area contributed by atoms with Crippen LogP contribution < -0.4 is 10.1 Å². The van der Waals surface area contributed by atoms with Crippen LogP contribution in [0.4, 0.5) is 5.95 Å². The number of rotatable bonds is 8. The summed E-state index contributed by atoms with van der Waals surface area (Å²) in [5.74, 6) is 0.373. The van der Waals surface area contributed by atoms with Crippen molar-refractivity contribution in [3.63, 3.8) is 0 Å². The largest absolute Gasteiger partial charge is 0.464 e. The third kappa shape index (κ3) is 5.79. The van der Waals surface area contributed by atoms with Crippen molar-refractivity contribution in [2.45, 2.75) is 13.8 Å². The van der Waals surface area contributed by atoms with Gasteiger partial charge in [0.1, 0.15) is 0 Å². The van der Waals surface area contributed by atoms with Gasteiger partial charge in [0.2, 0.25) is 11.2 Å². The van der Waals surface area contributed by atoms with Crippen LogP contribution in [-0.4, -0.2) is 41.3 Å². The quantitative estimate of drug-likeness (QED) is 0.576. The summed E-state index contributed by atoms with van der Waals surface area (Å²) in [6.45, 7) is 9.61. The molecule has 0 bridgehead atoms. The molecule has 0 atom stereocenters. The van der Waals surface area contributed by atoms with E-state index in [1.54, 1.807) is 0 Å². The Bertz CT molecular complexity index is 401. The molecule has 0 saturated heterocycles. The van der Waals surface area contributed by atoms with Crippen molar-refractivity contribution < 1.29 is 9.47 Å². The van der Waals surface area contributed by atoms with E-state index in [1.165, 1.54) is 0 Å². The minimum Gasteiger partial charge on any atom is -0.464 e. The minimum atomic E-state index is 0.0961. The fourth-order valence-corrected chi connectivity index (χ4v) is 1.24. The second-order valence-corrected chi connectivity index (χ2v) is 3.92. The summed E-state index contributed by atoms with van der Waals surface area (Å²) >= 11 is 5.74. The fraction of sp³-hybridized carbons (Fsp3) is 0.545. The molecule has 1 heterocycles. The molecule has 1 aromatic rings. The van der Waals surface area contributed by atoms with Gasteiger partial charge >= 0.3 is 6.01 Å². The number of hydrogen-bond donors (Lipinski definition) is 1. The molecule has 0 fully saturated rings. The van der Waals surface area contributed by atoms with Crippen LogP contribution in [0.15, 0.2) is 12.2 Å². The maximum absolute atomic E-state index is 5.74.